The normalized spacial score (nSPS) is 10.4. The fourth-order valence-corrected chi connectivity index (χ4v) is 3.35. The van der Waals surface area contributed by atoms with Gasteiger partial charge in [0, 0.05) is 13.6 Å². The molecule has 0 spiro atoms. The molecule has 0 bridgehead atoms. The minimum absolute atomic E-state index is 0.0747. The SMILES string of the molecule is COc1ccc(CCN(C)C(=O)CSc2nncs2)cc1OC. The van der Waals surface area contributed by atoms with Gasteiger partial charge in [0.25, 0.3) is 0 Å². The minimum atomic E-state index is 0.0747. The van der Waals surface area contributed by atoms with E-state index in [4.69, 9.17) is 9.47 Å². The van der Waals surface area contributed by atoms with Crippen molar-refractivity contribution in [3.05, 3.63) is 29.3 Å². The van der Waals surface area contributed by atoms with Gasteiger partial charge in [0.2, 0.25) is 5.91 Å². The molecule has 1 heterocycles. The molecule has 0 saturated heterocycles. The van der Waals surface area contributed by atoms with E-state index in [9.17, 15) is 4.79 Å². The van der Waals surface area contributed by atoms with Gasteiger partial charge in [0.15, 0.2) is 15.8 Å². The number of ether oxygens (including phenoxy) is 2. The first-order valence-corrected chi connectivity index (χ1v) is 8.84. The standard InChI is InChI=1S/C15H19N3O3S2/c1-18(14(19)9-22-15-17-16-10-23-15)7-6-11-4-5-12(20-2)13(8-11)21-3/h4-5,8,10H,6-7,9H2,1-3H3. The summed E-state index contributed by atoms with van der Waals surface area (Å²) in [5, 5.41) is 7.66. The Morgan fingerprint density at radius 2 is 2.09 bits per heavy atom. The number of hydrogen-bond donors (Lipinski definition) is 0. The molecule has 0 aliphatic carbocycles. The van der Waals surface area contributed by atoms with E-state index in [2.05, 4.69) is 10.2 Å². The highest BCUT2D eigenvalue weighted by atomic mass is 32.2. The summed E-state index contributed by atoms with van der Waals surface area (Å²) < 4.78 is 11.3. The zero-order valence-electron chi connectivity index (χ0n) is 13.3. The van der Waals surface area contributed by atoms with Gasteiger partial charge in [-0.15, -0.1) is 10.2 Å². The van der Waals surface area contributed by atoms with E-state index in [0.29, 0.717) is 23.8 Å². The Balaban J connectivity index is 1.83. The van der Waals surface area contributed by atoms with Crippen LogP contribution in [-0.4, -0.2) is 54.6 Å². The molecular weight excluding hydrogens is 334 g/mol. The number of thioether (sulfide) groups is 1. The molecular formula is C15H19N3O3S2. The molecule has 124 valence electrons. The van der Waals surface area contributed by atoms with Crippen molar-refractivity contribution < 1.29 is 14.3 Å². The number of carbonyl (C=O) groups excluding carboxylic acids is 1. The van der Waals surface area contributed by atoms with Crippen LogP contribution in [-0.2, 0) is 11.2 Å². The molecule has 6 nitrogen and oxygen atoms in total. The number of amides is 1. The zero-order valence-corrected chi connectivity index (χ0v) is 14.9. The van der Waals surface area contributed by atoms with E-state index in [1.807, 2.05) is 25.2 Å². The topological polar surface area (TPSA) is 64.5 Å². The third-order valence-electron chi connectivity index (χ3n) is 3.27. The molecule has 0 radical (unpaired) electrons. The van der Waals surface area contributed by atoms with E-state index < -0.39 is 0 Å². The number of hydrogen-bond acceptors (Lipinski definition) is 7. The zero-order chi connectivity index (χ0) is 16.7. The number of benzene rings is 1. The second kappa shape index (κ2) is 8.73. The molecule has 1 aromatic heterocycles. The van der Waals surface area contributed by atoms with Crippen molar-refractivity contribution in [1.29, 1.82) is 0 Å². The second-order valence-corrected chi connectivity index (χ2v) is 6.80. The fraction of sp³-hybridized carbons (Fsp3) is 0.400. The first-order chi connectivity index (χ1) is 11.1. The molecule has 2 rings (SSSR count). The van der Waals surface area contributed by atoms with E-state index in [0.717, 1.165) is 16.3 Å². The number of rotatable bonds is 8. The van der Waals surface area contributed by atoms with Crippen molar-refractivity contribution in [2.75, 3.05) is 33.6 Å². The number of aromatic nitrogens is 2. The van der Waals surface area contributed by atoms with Gasteiger partial charge in [-0.05, 0) is 24.1 Å². The third kappa shape index (κ3) is 5.11. The van der Waals surface area contributed by atoms with Crippen molar-refractivity contribution in [2.24, 2.45) is 0 Å². The Morgan fingerprint density at radius 1 is 1.30 bits per heavy atom. The summed E-state index contributed by atoms with van der Waals surface area (Å²) in [6.07, 6.45) is 0.756. The Morgan fingerprint density at radius 3 is 2.74 bits per heavy atom. The highest BCUT2D eigenvalue weighted by Gasteiger charge is 2.11. The van der Waals surface area contributed by atoms with Crippen molar-refractivity contribution in [3.8, 4) is 11.5 Å². The summed E-state index contributed by atoms with van der Waals surface area (Å²) in [6, 6.07) is 5.80. The van der Waals surface area contributed by atoms with Crippen LogP contribution in [0.25, 0.3) is 0 Å². The average molecular weight is 353 g/mol. The predicted molar refractivity (Wildman–Crippen MR) is 91.5 cm³/mol. The van der Waals surface area contributed by atoms with Gasteiger partial charge < -0.3 is 14.4 Å². The van der Waals surface area contributed by atoms with Crippen LogP contribution in [0, 0.1) is 0 Å². The monoisotopic (exact) mass is 353 g/mol. The van der Waals surface area contributed by atoms with Crippen molar-refractivity contribution in [2.45, 2.75) is 10.8 Å². The number of nitrogens with zero attached hydrogens (tertiary/aromatic N) is 3. The van der Waals surface area contributed by atoms with Crippen LogP contribution in [0.15, 0.2) is 28.0 Å². The third-order valence-corrected chi connectivity index (χ3v) is 5.11. The largest absolute Gasteiger partial charge is 0.493 e. The number of likely N-dealkylation sites (N-methyl/N-ethyl adjacent to an activating group) is 1. The van der Waals surface area contributed by atoms with Gasteiger partial charge in [0.05, 0.1) is 20.0 Å². The Bertz CT molecular complexity index is 635. The highest BCUT2D eigenvalue weighted by Crippen LogP contribution is 2.27. The quantitative estimate of drug-likeness (QED) is 0.679. The summed E-state index contributed by atoms with van der Waals surface area (Å²) in [6.45, 7) is 0.644. The highest BCUT2D eigenvalue weighted by molar-refractivity contribution is 8.01. The van der Waals surface area contributed by atoms with Gasteiger partial charge in [-0.3, -0.25) is 4.79 Å². The van der Waals surface area contributed by atoms with Crippen LogP contribution in [0.2, 0.25) is 0 Å². The number of methoxy groups -OCH3 is 2. The Labute approximate surface area is 143 Å². The lowest BCUT2D eigenvalue weighted by Gasteiger charge is -2.17. The van der Waals surface area contributed by atoms with Gasteiger partial charge in [-0.25, -0.2) is 0 Å². The molecule has 0 unspecified atom stereocenters. The van der Waals surface area contributed by atoms with Crippen LogP contribution in [0.3, 0.4) is 0 Å². The number of carbonyl (C=O) groups is 1. The Hall–Kier alpha value is -1.80. The molecule has 0 aliphatic rings. The van der Waals surface area contributed by atoms with E-state index in [1.165, 1.54) is 23.1 Å². The van der Waals surface area contributed by atoms with Crippen molar-refractivity contribution in [3.63, 3.8) is 0 Å². The van der Waals surface area contributed by atoms with Crippen molar-refractivity contribution >= 4 is 29.0 Å². The maximum absolute atomic E-state index is 12.1. The maximum atomic E-state index is 12.1. The molecule has 0 N–H and O–H groups in total. The van der Waals surface area contributed by atoms with Crippen LogP contribution in [0.5, 0.6) is 11.5 Å². The summed E-state index contributed by atoms with van der Waals surface area (Å²) in [5.41, 5.74) is 2.76. The summed E-state index contributed by atoms with van der Waals surface area (Å²) in [5.74, 6) is 1.85. The summed E-state index contributed by atoms with van der Waals surface area (Å²) >= 11 is 2.85. The molecule has 0 saturated carbocycles. The molecule has 0 atom stereocenters. The molecule has 0 aliphatic heterocycles. The lowest BCUT2D eigenvalue weighted by molar-refractivity contribution is -0.127. The maximum Gasteiger partial charge on any atom is 0.232 e. The van der Waals surface area contributed by atoms with E-state index in [1.54, 1.807) is 24.6 Å². The van der Waals surface area contributed by atoms with Crippen LogP contribution < -0.4 is 9.47 Å². The van der Waals surface area contributed by atoms with Crippen LogP contribution in [0.1, 0.15) is 5.56 Å². The smallest absolute Gasteiger partial charge is 0.232 e. The molecule has 1 aromatic carbocycles. The van der Waals surface area contributed by atoms with Crippen LogP contribution in [0.4, 0.5) is 0 Å². The Kier molecular flexibility index (Phi) is 6.66. The molecule has 23 heavy (non-hydrogen) atoms. The van der Waals surface area contributed by atoms with Gasteiger partial charge in [0.1, 0.15) is 5.51 Å². The summed E-state index contributed by atoms with van der Waals surface area (Å²) in [4.78, 5) is 13.8. The fourth-order valence-electron chi connectivity index (χ4n) is 1.92. The van der Waals surface area contributed by atoms with Gasteiger partial charge in [-0.2, -0.15) is 0 Å². The predicted octanol–water partition coefficient (Wildman–Crippen LogP) is 2.35. The summed E-state index contributed by atoms with van der Waals surface area (Å²) in [7, 11) is 5.03. The first kappa shape index (κ1) is 17.6. The van der Waals surface area contributed by atoms with Gasteiger partial charge >= 0.3 is 0 Å². The molecule has 1 amide bonds. The minimum Gasteiger partial charge on any atom is -0.493 e. The molecule has 8 heteroatoms. The first-order valence-electron chi connectivity index (χ1n) is 6.98. The lowest BCUT2D eigenvalue weighted by atomic mass is 10.1. The van der Waals surface area contributed by atoms with E-state index >= 15 is 0 Å². The second-order valence-electron chi connectivity index (χ2n) is 4.75. The van der Waals surface area contributed by atoms with Crippen molar-refractivity contribution in [1.82, 2.24) is 15.1 Å². The van der Waals surface area contributed by atoms with Gasteiger partial charge in [-0.1, -0.05) is 29.2 Å². The van der Waals surface area contributed by atoms with E-state index in [-0.39, 0.29) is 5.91 Å². The lowest BCUT2D eigenvalue weighted by Crippen LogP contribution is -2.30. The van der Waals surface area contributed by atoms with Crippen LogP contribution >= 0.6 is 23.1 Å². The average Bonchev–Trinajstić information content (AvgIpc) is 3.10. The molecule has 0 fully saturated rings. The molecule has 2 aromatic rings.